The van der Waals surface area contributed by atoms with Gasteiger partial charge in [0.2, 0.25) is 0 Å². The summed E-state index contributed by atoms with van der Waals surface area (Å²) in [6.45, 7) is 3.38. The minimum Gasteiger partial charge on any atom is -0.384 e. The fourth-order valence-electron chi connectivity index (χ4n) is 7.08. The Morgan fingerprint density at radius 2 is 1.82 bits per heavy atom. The number of allylic oxidation sites excluding steroid dienone is 2. The molecule has 3 saturated carbocycles. The van der Waals surface area contributed by atoms with Crippen molar-refractivity contribution in [1.82, 2.24) is 15.1 Å². The number of rotatable bonds is 6. The maximum Gasteiger partial charge on any atom is 0.111 e. The van der Waals surface area contributed by atoms with Crippen molar-refractivity contribution in [2.24, 2.45) is 27.7 Å². The van der Waals surface area contributed by atoms with Crippen LogP contribution in [0.1, 0.15) is 77.6 Å². The first kappa shape index (κ1) is 23.1. The van der Waals surface area contributed by atoms with Crippen LogP contribution in [-0.2, 0) is 0 Å². The first-order valence-corrected chi connectivity index (χ1v) is 13.8. The number of nitrogens with one attached hydrogen (secondary N) is 1. The highest BCUT2D eigenvalue weighted by Crippen LogP contribution is 2.37. The summed E-state index contributed by atoms with van der Waals surface area (Å²) >= 11 is 0. The molecule has 0 spiro atoms. The molecule has 33 heavy (non-hydrogen) atoms. The van der Waals surface area contributed by atoms with E-state index in [1.807, 2.05) is 0 Å². The van der Waals surface area contributed by atoms with Crippen LogP contribution < -0.4 is 5.32 Å². The number of hydrogen-bond acceptors (Lipinski definition) is 5. The third-order valence-electron chi connectivity index (χ3n) is 8.96. The summed E-state index contributed by atoms with van der Waals surface area (Å²) in [5.74, 6) is 3.25. The van der Waals surface area contributed by atoms with Crippen molar-refractivity contribution in [3.8, 4) is 0 Å². The van der Waals surface area contributed by atoms with Crippen molar-refractivity contribution >= 4 is 11.5 Å². The summed E-state index contributed by atoms with van der Waals surface area (Å²) < 4.78 is 0. The fraction of sp³-hybridized carbons (Fsp3) is 0.786. The van der Waals surface area contributed by atoms with Crippen LogP contribution in [0.3, 0.4) is 0 Å². The van der Waals surface area contributed by atoms with Crippen LogP contribution in [0.15, 0.2) is 34.5 Å². The van der Waals surface area contributed by atoms with E-state index in [0.29, 0.717) is 36.0 Å². The van der Waals surface area contributed by atoms with Gasteiger partial charge in [-0.25, -0.2) is 0 Å². The van der Waals surface area contributed by atoms with E-state index < -0.39 is 0 Å². The summed E-state index contributed by atoms with van der Waals surface area (Å²) in [6, 6.07) is 2.25. The zero-order chi connectivity index (χ0) is 22.8. The molecule has 0 aromatic rings. The van der Waals surface area contributed by atoms with Crippen LogP contribution in [0.2, 0.25) is 0 Å². The Labute approximate surface area is 201 Å². The van der Waals surface area contributed by atoms with E-state index in [9.17, 15) is 0 Å². The maximum absolute atomic E-state index is 5.22. The Morgan fingerprint density at radius 1 is 1.00 bits per heavy atom. The summed E-state index contributed by atoms with van der Waals surface area (Å²) in [4.78, 5) is 15.3. The molecule has 1 N–H and O–H groups in total. The van der Waals surface area contributed by atoms with Crippen molar-refractivity contribution < 1.29 is 0 Å². The first-order valence-electron chi connectivity index (χ1n) is 13.8. The van der Waals surface area contributed by atoms with Gasteiger partial charge in [0.05, 0.1) is 12.6 Å². The molecule has 5 heteroatoms. The third-order valence-corrected chi connectivity index (χ3v) is 8.96. The Hall–Kier alpha value is -1.62. The first-order chi connectivity index (χ1) is 16.1. The van der Waals surface area contributed by atoms with E-state index in [0.717, 1.165) is 12.5 Å². The van der Waals surface area contributed by atoms with Gasteiger partial charge in [0.25, 0.3) is 0 Å². The number of hydrogen-bond donors (Lipinski definition) is 1. The molecule has 0 amide bonds. The normalized spacial score (nSPS) is 38.5. The molecule has 0 radical (unpaired) electrons. The quantitative estimate of drug-likeness (QED) is 0.617. The Kier molecular flexibility index (Phi) is 7.24. The van der Waals surface area contributed by atoms with Gasteiger partial charge in [0.1, 0.15) is 5.84 Å². The molecule has 5 atom stereocenters. The van der Waals surface area contributed by atoms with Crippen LogP contribution >= 0.6 is 0 Å². The number of amidine groups is 1. The Morgan fingerprint density at radius 3 is 2.61 bits per heavy atom. The zero-order valence-electron chi connectivity index (χ0n) is 21.1. The summed E-state index contributed by atoms with van der Waals surface area (Å²) in [5, 5.41) is 3.86. The monoisotopic (exact) mass is 451 g/mol. The summed E-state index contributed by atoms with van der Waals surface area (Å²) in [6.07, 6.45) is 23.4. The van der Waals surface area contributed by atoms with Gasteiger partial charge in [-0.1, -0.05) is 38.3 Å². The predicted molar refractivity (Wildman–Crippen MR) is 139 cm³/mol. The lowest BCUT2D eigenvalue weighted by molar-refractivity contribution is 0.126. The van der Waals surface area contributed by atoms with Crippen molar-refractivity contribution in [3.05, 3.63) is 24.6 Å². The third kappa shape index (κ3) is 5.23. The standard InChI is InChI=1S/C28H45N5/c1-20-15-17-29-28-23(20)7-6-10-26(28)33(19-27-30-24-8-4-5-9-25(24)31-27)22-13-11-21(12-14-22)16-18-32(2)3/h15-18,20-26H,4-14,19H2,1-3H3,(H,30,31)/b18-16+/t20?,21?,22?,23?,24-,25?,26?/m1/s1. The molecule has 2 heterocycles. The second kappa shape index (κ2) is 10.3. The molecule has 0 saturated heterocycles. The molecule has 5 nitrogen and oxygen atoms in total. The molecular formula is C28H45N5. The molecule has 3 fully saturated rings. The average molecular weight is 452 g/mol. The van der Waals surface area contributed by atoms with E-state index in [4.69, 9.17) is 9.98 Å². The van der Waals surface area contributed by atoms with E-state index in [1.54, 1.807) is 0 Å². The van der Waals surface area contributed by atoms with Gasteiger partial charge in [-0.05, 0) is 69.4 Å². The van der Waals surface area contributed by atoms with Crippen LogP contribution in [-0.4, -0.2) is 66.2 Å². The Bertz CT molecular complexity index is 788. The molecule has 0 aromatic heterocycles. The highest BCUT2D eigenvalue weighted by Gasteiger charge is 2.41. The molecule has 4 unspecified atom stereocenters. The number of fused-ring (bicyclic) bond motifs is 2. The predicted octanol–water partition coefficient (Wildman–Crippen LogP) is 5.01. The van der Waals surface area contributed by atoms with Gasteiger partial charge in [-0.15, -0.1) is 0 Å². The van der Waals surface area contributed by atoms with Gasteiger partial charge in [0, 0.05) is 50.1 Å². The molecular weight excluding hydrogens is 406 g/mol. The molecule has 3 aliphatic carbocycles. The summed E-state index contributed by atoms with van der Waals surface area (Å²) in [5.41, 5.74) is 1.47. The van der Waals surface area contributed by atoms with Gasteiger partial charge in [0.15, 0.2) is 0 Å². The van der Waals surface area contributed by atoms with Crippen molar-refractivity contribution in [2.45, 2.75) is 102 Å². The van der Waals surface area contributed by atoms with Crippen molar-refractivity contribution in [2.75, 3.05) is 20.6 Å². The SMILES string of the molecule is CC1C=CN=C2C1CCCC2N(CC1=N[C@@H]2CCCCC2N1)C1CCC(/C=C/N(C)C)CC1. The molecule has 0 aromatic carbocycles. The molecule has 0 bridgehead atoms. The maximum atomic E-state index is 5.22. The Balaban J connectivity index is 1.34. The van der Waals surface area contributed by atoms with Crippen LogP contribution in [0.4, 0.5) is 0 Å². The molecule has 2 aliphatic heterocycles. The van der Waals surface area contributed by atoms with E-state index in [1.165, 1.54) is 82.2 Å². The molecule has 182 valence electrons. The van der Waals surface area contributed by atoms with E-state index in [-0.39, 0.29) is 0 Å². The van der Waals surface area contributed by atoms with E-state index >= 15 is 0 Å². The topological polar surface area (TPSA) is 43.2 Å². The van der Waals surface area contributed by atoms with E-state index in [2.05, 4.69) is 60.7 Å². The second-order valence-corrected chi connectivity index (χ2v) is 11.5. The summed E-state index contributed by atoms with van der Waals surface area (Å²) in [7, 11) is 4.24. The van der Waals surface area contributed by atoms with Gasteiger partial charge in [-0.3, -0.25) is 14.9 Å². The van der Waals surface area contributed by atoms with Gasteiger partial charge in [-0.2, -0.15) is 0 Å². The molecule has 5 rings (SSSR count). The average Bonchev–Trinajstić information content (AvgIpc) is 3.24. The zero-order valence-corrected chi connectivity index (χ0v) is 21.1. The minimum absolute atomic E-state index is 0.488. The van der Waals surface area contributed by atoms with Crippen LogP contribution in [0.5, 0.6) is 0 Å². The smallest absolute Gasteiger partial charge is 0.111 e. The highest BCUT2D eigenvalue weighted by atomic mass is 15.3. The van der Waals surface area contributed by atoms with Crippen LogP contribution in [0.25, 0.3) is 0 Å². The fourth-order valence-corrected chi connectivity index (χ4v) is 7.08. The van der Waals surface area contributed by atoms with Crippen molar-refractivity contribution in [1.29, 1.82) is 0 Å². The molecule has 5 aliphatic rings. The van der Waals surface area contributed by atoms with Gasteiger partial charge >= 0.3 is 0 Å². The van der Waals surface area contributed by atoms with Gasteiger partial charge < -0.3 is 10.2 Å². The number of nitrogens with zero attached hydrogens (tertiary/aromatic N) is 4. The largest absolute Gasteiger partial charge is 0.384 e. The lowest BCUT2D eigenvalue weighted by Gasteiger charge is -2.46. The lowest BCUT2D eigenvalue weighted by Crippen LogP contribution is -2.55. The van der Waals surface area contributed by atoms with Crippen LogP contribution in [0, 0.1) is 17.8 Å². The van der Waals surface area contributed by atoms with Crippen molar-refractivity contribution in [3.63, 3.8) is 0 Å². The highest BCUT2D eigenvalue weighted by molar-refractivity contribution is 5.95. The lowest BCUT2D eigenvalue weighted by atomic mass is 9.74. The second-order valence-electron chi connectivity index (χ2n) is 11.5. The minimum atomic E-state index is 0.488. The number of aliphatic imine (C=N–C) groups is 2.